The Kier molecular flexibility index (Phi) is 5.62. The number of rotatable bonds is 6. The number of aldehydes is 1. The van der Waals surface area contributed by atoms with E-state index in [1.165, 1.54) is 4.90 Å². The second-order valence-corrected chi connectivity index (χ2v) is 6.26. The van der Waals surface area contributed by atoms with Crippen LogP contribution in [-0.4, -0.2) is 23.6 Å². The van der Waals surface area contributed by atoms with Gasteiger partial charge in [0.1, 0.15) is 23.7 Å². The number of amides is 1. The van der Waals surface area contributed by atoms with Crippen molar-refractivity contribution < 1.29 is 14.3 Å². The summed E-state index contributed by atoms with van der Waals surface area (Å²) in [6.07, 6.45) is 0.741. The third-order valence-electron chi connectivity index (χ3n) is 3.62. The van der Waals surface area contributed by atoms with Gasteiger partial charge in [-0.25, -0.2) is 0 Å². The smallest absolute Gasteiger partial charge is 0.242 e. The van der Waals surface area contributed by atoms with Gasteiger partial charge in [-0.05, 0) is 56.7 Å². The molecule has 0 aliphatic rings. The van der Waals surface area contributed by atoms with Gasteiger partial charge in [0.25, 0.3) is 0 Å². The van der Waals surface area contributed by atoms with E-state index in [1.54, 1.807) is 26.0 Å². The standard InChI is InChI=1S/C19H20ClNO3/c1-14-11-16(24-15-7-5-4-6-8-15)9-10-17(14)21(18(23)12-20)19(2,3)13-22/h4-11,13H,12H2,1-3H3. The second kappa shape index (κ2) is 7.49. The van der Waals surface area contributed by atoms with E-state index in [1.807, 2.05) is 43.3 Å². The first-order valence-electron chi connectivity index (χ1n) is 7.58. The van der Waals surface area contributed by atoms with Gasteiger partial charge < -0.3 is 9.53 Å². The topological polar surface area (TPSA) is 46.6 Å². The summed E-state index contributed by atoms with van der Waals surface area (Å²) in [6, 6.07) is 14.8. The van der Waals surface area contributed by atoms with Crippen LogP contribution >= 0.6 is 11.6 Å². The molecule has 0 fully saturated rings. The van der Waals surface area contributed by atoms with Crippen molar-refractivity contribution >= 4 is 29.5 Å². The zero-order chi connectivity index (χ0) is 17.7. The van der Waals surface area contributed by atoms with Crippen molar-refractivity contribution in [1.82, 2.24) is 0 Å². The van der Waals surface area contributed by atoms with Crippen LogP contribution in [0.15, 0.2) is 48.5 Å². The van der Waals surface area contributed by atoms with E-state index in [0.29, 0.717) is 11.4 Å². The molecule has 0 radical (unpaired) electrons. The lowest BCUT2D eigenvalue weighted by Gasteiger charge is -2.35. The maximum absolute atomic E-state index is 12.3. The summed E-state index contributed by atoms with van der Waals surface area (Å²) in [5.41, 5.74) is 0.466. The quantitative estimate of drug-likeness (QED) is 0.578. The van der Waals surface area contributed by atoms with Crippen LogP contribution < -0.4 is 9.64 Å². The van der Waals surface area contributed by atoms with Crippen molar-refractivity contribution in [3.05, 3.63) is 54.1 Å². The summed E-state index contributed by atoms with van der Waals surface area (Å²) in [7, 11) is 0. The number of carbonyl (C=O) groups excluding carboxylic acids is 2. The van der Waals surface area contributed by atoms with Crippen LogP contribution in [0, 0.1) is 6.92 Å². The molecule has 0 saturated heterocycles. The molecule has 0 heterocycles. The monoisotopic (exact) mass is 345 g/mol. The molecule has 0 aliphatic heterocycles. The predicted octanol–water partition coefficient (Wildman–Crippen LogP) is 4.34. The van der Waals surface area contributed by atoms with Crippen LogP contribution in [0.4, 0.5) is 5.69 Å². The van der Waals surface area contributed by atoms with E-state index >= 15 is 0 Å². The van der Waals surface area contributed by atoms with Crippen molar-refractivity contribution in [3.8, 4) is 11.5 Å². The van der Waals surface area contributed by atoms with E-state index in [-0.39, 0.29) is 11.8 Å². The zero-order valence-electron chi connectivity index (χ0n) is 14.0. The second-order valence-electron chi connectivity index (χ2n) is 6.00. The summed E-state index contributed by atoms with van der Waals surface area (Å²) in [5.74, 6) is 0.865. The largest absolute Gasteiger partial charge is 0.457 e. The molecule has 0 N–H and O–H groups in total. The van der Waals surface area contributed by atoms with Crippen molar-refractivity contribution in [3.63, 3.8) is 0 Å². The molecule has 0 spiro atoms. The number of nitrogens with zero attached hydrogens (tertiary/aromatic N) is 1. The molecule has 0 atom stereocenters. The van der Waals surface area contributed by atoms with Gasteiger partial charge >= 0.3 is 0 Å². The molecule has 2 aromatic carbocycles. The van der Waals surface area contributed by atoms with Crippen LogP contribution in [0.1, 0.15) is 19.4 Å². The number of hydrogen-bond acceptors (Lipinski definition) is 3. The Labute approximate surface area is 147 Å². The van der Waals surface area contributed by atoms with Gasteiger partial charge in [0.05, 0.1) is 5.54 Å². The number of benzene rings is 2. The van der Waals surface area contributed by atoms with Crippen LogP contribution in [0.5, 0.6) is 11.5 Å². The third kappa shape index (κ3) is 3.95. The minimum atomic E-state index is -0.988. The molecule has 2 rings (SSSR count). The molecule has 126 valence electrons. The Morgan fingerprint density at radius 2 is 1.83 bits per heavy atom. The lowest BCUT2D eigenvalue weighted by molar-refractivity contribution is -0.120. The zero-order valence-corrected chi connectivity index (χ0v) is 14.7. The summed E-state index contributed by atoms with van der Waals surface area (Å²) in [4.78, 5) is 25.1. The van der Waals surface area contributed by atoms with E-state index in [4.69, 9.17) is 16.3 Å². The minimum Gasteiger partial charge on any atom is -0.457 e. The highest BCUT2D eigenvalue weighted by Gasteiger charge is 2.32. The highest BCUT2D eigenvalue weighted by molar-refractivity contribution is 6.29. The number of ether oxygens (including phenoxy) is 1. The molecular formula is C19H20ClNO3. The number of halogens is 1. The minimum absolute atomic E-state index is 0.195. The number of aryl methyl sites for hydroxylation is 1. The van der Waals surface area contributed by atoms with Crippen molar-refractivity contribution in [2.75, 3.05) is 10.8 Å². The van der Waals surface area contributed by atoms with Crippen molar-refractivity contribution in [2.45, 2.75) is 26.3 Å². The number of para-hydroxylation sites is 1. The summed E-state index contributed by atoms with van der Waals surface area (Å²) in [5, 5.41) is 0. The third-order valence-corrected chi connectivity index (χ3v) is 3.85. The fraction of sp³-hybridized carbons (Fsp3) is 0.263. The maximum Gasteiger partial charge on any atom is 0.242 e. The van der Waals surface area contributed by atoms with E-state index in [9.17, 15) is 9.59 Å². The Morgan fingerprint density at radius 1 is 1.17 bits per heavy atom. The lowest BCUT2D eigenvalue weighted by atomic mass is 10.0. The summed E-state index contributed by atoms with van der Waals surface area (Å²) < 4.78 is 5.79. The van der Waals surface area contributed by atoms with Crippen LogP contribution in [0.2, 0.25) is 0 Å². The molecular weight excluding hydrogens is 326 g/mol. The van der Waals surface area contributed by atoms with Crippen molar-refractivity contribution in [2.24, 2.45) is 0 Å². The average Bonchev–Trinajstić information content (AvgIpc) is 2.57. The van der Waals surface area contributed by atoms with Gasteiger partial charge in [-0.1, -0.05) is 18.2 Å². The van der Waals surface area contributed by atoms with Gasteiger partial charge in [0.2, 0.25) is 5.91 Å². The number of anilines is 1. The number of alkyl halides is 1. The Bertz CT molecular complexity index is 729. The first-order chi connectivity index (χ1) is 11.4. The van der Waals surface area contributed by atoms with Crippen molar-refractivity contribution in [1.29, 1.82) is 0 Å². The molecule has 0 aromatic heterocycles. The average molecular weight is 346 g/mol. The van der Waals surface area contributed by atoms with E-state index in [2.05, 4.69) is 0 Å². The number of carbonyl (C=O) groups is 2. The van der Waals surface area contributed by atoms with Crippen LogP contribution in [0.3, 0.4) is 0 Å². The lowest BCUT2D eigenvalue weighted by Crippen LogP contribution is -2.50. The molecule has 0 aliphatic carbocycles. The highest BCUT2D eigenvalue weighted by atomic mass is 35.5. The molecule has 2 aromatic rings. The van der Waals surface area contributed by atoms with Crippen LogP contribution in [0.25, 0.3) is 0 Å². The van der Waals surface area contributed by atoms with E-state index in [0.717, 1.165) is 17.6 Å². The molecule has 0 unspecified atom stereocenters. The molecule has 24 heavy (non-hydrogen) atoms. The van der Waals surface area contributed by atoms with Crippen LogP contribution in [-0.2, 0) is 9.59 Å². The summed E-state index contributed by atoms with van der Waals surface area (Å²) in [6.45, 7) is 5.22. The number of hydrogen-bond donors (Lipinski definition) is 0. The van der Waals surface area contributed by atoms with E-state index < -0.39 is 5.54 Å². The molecule has 4 nitrogen and oxygen atoms in total. The normalized spacial score (nSPS) is 11.0. The Morgan fingerprint density at radius 3 is 2.38 bits per heavy atom. The fourth-order valence-electron chi connectivity index (χ4n) is 2.45. The molecule has 0 saturated carbocycles. The Hall–Kier alpha value is -2.33. The molecule has 1 amide bonds. The van der Waals surface area contributed by atoms with Gasteiger partial charge in [-0.15, -0.1) is 11.6 Å². The van der Waals surface area contributed by atoms with Gasteiger partial charge in [0, 0.05) is 5.69 Å². The van der Waals surface area contributed by atoms with Gasteiger partial charge in [-0.3, -0.25) is 9.69 Å². The maximum atomic E-state index is 12.3. The van der Waals surface area contributed by atoms with Gasteiger partial charge in [-0.2, -0.15) is 0 Å². The molecule has 0 bridgehead atoms. The SMILES string of the molecule is Cc1cc(Oc2ccccc2)ccc1N(C(=O)CCl)C(C)(C)C=O. The molecule has 5 heteroatoms. The predicted molar refractivity (Wildman–Crippen MR) is 96.0 cm³/mol. The fourth-order valence-corrected chi connectivity index (χ4v) is 2.57. The first kappa shape index (κ1) is 18.0. The Balaban J connectivity index is 2.36. The summed E-state index contributed by atoms with van der Waals surface area (Å²) >= 11 is 5.72. The highest BCUT2D eigenvalue weighted by Crippen LogP contribution is 2.31. The van der Waals surface area contributed by atoms with Gasteiger partial charge in [0.15, 0.2) is 0 Å². The first-order valence-corrected chi connectivity index (χ1v) is 8.11.